The number of hydrogen-bond acceptors (Lipinski definition) is 3. The first-order valence-corrected chi connectivity index (χ1v) is 11.3. The van der Waals surface area contributed by atoms with Crippen LogP contribution in [-0.4, -0.2) is 35.9 Å². The molecule has 1 aliphatic rings. The lowest BCUT2D eigenvalue weighted by atomic mass is 9.87. The summed E-state index contributed by atoms with van der Waals surface area (Å²) in [4.78, 5) is 27.3. The fourth-order valence-corrected chi connectivity index (χ4v) is 4.05. The van der Waals surface area contributed by atoms with Gasteiger partial charge in [-0.2, -0.15) is 0 Å². The minimum atomic E-state index is -0.581. The van der Waals surface area contributed by atoms with E-state index in [1.54, 1.807) is 6.92 Å². The van der Waals surface area contributed by atoms with Gasteiger partial charge in [-0.15, -0.1) is 0 Å². The van der Waals surface area contributed by atoms with E-state index >= 15 is 0 Å². The van der Waals surface area contributed by atoms with Crippen LogP contribution in [0.1, 0.15) is 63.3 Å². The molecule has 0 spiro atoms. The molecule has 2 atom stereocenters. The Morgan fingerprint density at radius 1 is 1.13 bits per heavy atom. The topological polar surface area (TPSA) is 58.6 Å². The van der Waals surface area contributed by atoms with Crippen LogP contribution in [0.15, 0.2) is 48.5 Å². The number of carbonyl (C=O) groups is 2. The van der Waals surface area contributed by atoms with Gasteiger partial charge in [0, 0.05) is 19.5 Å². The fraction of sp³-hybridized carbons (Fsp3) is 0.462. The highest BCUT2D eigenvalue weighted by molar-refractivity contribution is 5.80. The van der Waals surface area contributed by atoms with Gasteiger partial charge in [-0.05, 0) is 54.5 Å². The summed E-state index contributed by atoms with van der Waals surface area (Å²) in [5.41, 5.74) is 3.39. The molecule has 5 heteroatoms. The number of fused-ring (bicyclic) bond motifs is 1. The molecule has 0 aliphatic carbocycles. The zero-order valence-corrected chi connectivity index (χ0v) is 19.1. The van der Waals surface area contributed by atoms with E-state index in [9.17, 15) is 9.59 Å². The third-order valence-electron chi connectivity index (χ3n) is 5.60. The van der Waals surface area contributed by atoms with Crippen LogP contribution in [0.4, 0.5) is 0 Å². The van der Waals surface area contributed by atoms with Crippen molar-refractivity contribution < 1.29 is 14.3 Å². The van der Waals surface area contributed by atoms with Gasteiger partial charge in [-0.3, -0.25) is 9.59 Å². The van der Waals surface area contributed by atoms with Crippen LogP contribution >= 0.6 is 0 Å². The molecule has 0 bridgehead atoms. The maximum absolute atomic E-state index is 13.1. The van der Waals surface area contributed by atoms with E-state index < -0.39 is 6.10 Å². The Morgan fingerprint density at radius 2 is 1.87 bits per heavy atom. The summed E-state index contributed by atoms with van der Waals surface area (Å²) in [7, 11) is 0. The van der Waals surface area contributed by atoms with E-state index in [0.717, 1.165) is 24.0 Å². The fourth-order valence-electron chi connectivity index (χ4n) is 4.05. The summed E-state index contributed by atoms with van der Waals surface area (Å²) in [6.45, 7) is 9.27. The van der Waals surface area contributed by atoms with Gasteiger partial charge in [0.15, 0.2) is 6.10 Å². The van der Waals surface area contributed by atoms with Gasteiger partial charge in [0.25, 0.3) is 5.91 Å². The second-order valence-corrected chi connectivity index (χ2v) is 8.66. The highest BCUT2D eigenvalue weighted by atomic mass is 16.5. The Labute approximate surface area is 185 Å². The summed E-state index contributed by atoms with van der Waals surface area (Å²) in [5, 5.41) is 2.87. The maximum atomic E-state index is 13.1. The van der Waals surface area contributed by atoms with Crippen molar-refractivity contribution >= 4 is 11.8 Å². The normalized spacial score (nSPS) is 16.5. The average Bonchev–Trinajstić information content (AvgIpc) is 2.76. The number of nitrogens with one attached hydrogen (secondary N) is 1. The second kappa shape index (κ2) is 10.5. The van der Waals surface area contributed by atoms with Crippen molar-refractivity contribution in [3.63, 3.8) is 0 Å². The van der Waals surface area contributed by atoms with Crippen molar-refractivity contribution in [3.8, 4) is 5.75 Å². The maximum Gasteiger partial charge on any atom is 0.260 e. The molecule has 1 aliphatic heterocycles. The van der Waals surface area contributed by atoms with Crippen LogP contribution in [-0.2, 0) is 16.0 Å². The van der Waals surface area contributed by atoms with Gasteiger partial charge in [0.05, 0.1) is 6.04 Å². The van der Waals surface area contributed by atoms with Crippen LogP contribution in [0.3, 0.4) is 0 Å². The quantitative estimate of drug-likeness (QED) is 0.681. The first kappa shape index (κ1) is 22.9. The van der Waals surface area contributed by atoms with E-state index in [4.69, 9.17) is 4.74 Å². The monoisotopic (exact) mass is 422 g/mol. The zero-order valence-electron chi connectivity index (χ0n) is 19.1. The summed E-state index contributed by atoms with van der Waals surface area (Å²) in [5.74, 6) is 1.01. The molecule has 1 N–H and O–H groups in total. The van der Waals surface area contributed by atoms with Crippen molar-refractivity contribution in [2.45, 2.75) is 59.1 Å². The van der Waals surface area contributed by atoms with E-state index in [2.05, 4.69) is 37.4 Å². The first-order chi connectivity index (χ1) is 14.9. The molecule has 5 nitrogen and oxygen atoms in total. The van der Waals surface area contributed by atoms with E-state index in [-0.39, 0.29) is 17.9 Å². The Balaban J connectivity index is 1.92. The van der Waals surface area contributed by atoms with Crippen LogP contribution in [0.2, 0.25) is 0 Å². The predicted molar refractivity (Wildman–Crippen MR) is 123 cm³/mol. The third-order valence-corrected chi connectivity index (χ3v) is 5.60. The summed E-state index contributed by atoms with van der Waals surface area (Å²) < 4.78 is 5.97. The van der Waals surface area contributed by atoms with Gasteiger partial charge in [0.2, 0.25) is 5.91 Å². The lowest BCUT2D eigenvalue weighted by Crippen LogP contribution is -2.41. The van der Waals surface area contributed by atoms with E-state index in [0.29, 0.717) is 31.2 Å². The number of benzene rings is 2. The standard InChI is InChI=1S/C26H34N2O3/c1-5-14-27-26(30)19(4)31-22-12-11-20-13-15-28(24(29)16-18(2)3)25(23(20)17-22)21-9-7-6-8-10-21/h6-12,17-19,25H,5,13-16H2,1-4H3,(H,27,30)/t19-,25-/m0/s1. The smallest absolute Gasteiger partial charge is 0.260 e. The third kappa shape index (κ3) is 5.66. The molecular formula is C26H34N2O3. The Hall–Kier alpha value is -2.82. The van der Waals surface area contributed by atoms with Crippen LogP contribution < -0.4 is 10.1 Å². The molecule has 2 aromatic carbocycles. The van der Waals surface area contributed by atoms with Crippen molar-refractivity contribution in [2.24, 2.45) is 5.92 Å². The Morgan fingerprint density at radius 3 is 2.55 bits per heavy atom. The highest BCUT2D eigenvalue weighted by Gasteiger charge is 2.32. The number of hydrogen-bond donors (Lipinski definition) is 1. The largest absolute Gasteiger partial charge is 0.481 e. The van der Waals surface area contributed by atoms with Gasteiger partial charge in [0.1, 0.15) is 5.75 Å². The number of carbonyl (C=O) groups excluding carboxylic acids is 2. The number of nitrogens with zero attached hydrogens (tertiary/aromatic N) is 1. The molecule has 2 amide bonds. The Bertz CT molecular complexity index is 895. The molecule has 3 rings (SSSR count). The summed E-state index contributed by atoms with van der Waals surface area (Å²) in [6, 6.07) is 16.0. The molecule has 0 saturated carbocycles. The summed E-state index contributed by atoms with van der Waals surface area (Å²) in [6.07, 6.45) is 1.65. The van der Waals surface area contributed by atoms with E-state index in [1.165, 1.54) is 5.56 Å². The molecule has 0 fully saturated rings. The summed E-state index contributed by atoms with van der Waals surface area (Å²) >= 11 is 0. The van der Waals surface area contributed by atoms with Crippen LogP contribution in [0, 0.1) is 5.92 Å². The second-order valence-electron chi connectivity index (χ2n) is 8.66. The lowest BCUT2D eigenvalue weighted by molar-refractivity contribution is -0.134. The minimum Gasteiger partial charge on any atom is -0.481 e. The molecule has 31 heavy (non-hydrogen) atoms. The van der Waals surface area contributed by atoms with Crippen molar-refractivity contribution in [3.05, 3.63) is 65.2 Å². The predicted octanol–water partition coefficient (Wildman–Crippen LogP) is 4.50. The molecule has 0 saturated heterocycles. The van der Waals surface area contributed by atoms with Crippen LogP contribution in [0.25, 0.3) is 0 Å². The molecule has 1 heterocycles. The van der Waals surface area contributed by atoms with Gasteiger partial charge >= 0.3 is 0 Å². The highest BCUT2D eigenvalue weighted by Crippen LogP contribution is 2.37. The number of rotatable bonds is 8. The molecule has 2 aromatic rings. The van der Waals surface area contributed by atoms with E-state index in [1.807, 2.05) is 42.2 Å². The minimum absolute atomic E-state index is 0.118. The van der Waals surface area contributed by atoms with Crippen molar-refractivity contribution in [2.75, 3.05) is 13.1 Å². The SMILES string of the molecule is CCCNC(=O)[C@H](C)Oc1ccc2c(c1)[C@H](c1ccccc1)N(C(=O)CC(C)C)CC2. The lowest BCUT2D eigenvalue weighted by Gasteiger charge is -2.38. The van der Waals surface area contributed by atoms with Gasteiger partial charge in [-0.25, -0.2) is 0 Å². The van der Waals surface area contributed by atoms with Crippen LogP contribution in [0.5, 0.6) is 5.75 Å². The molecular weight excluding hydrogens is 388 g/mol. The number of ether oxygens (including phenoxy) is 1. The Kier molecular flexibility index (Phi) is 7.72. The zero-order chi connectivity index (χ0) is 22.4. The number of amides is 2. The first-order valence-electron chi connectivity index (χ1n) is 11.3. The molecule has 166 valence electrons. The van der Waals surface area contributed by atoms with Gasteiger partial charge < -0.3 is 15.0 Å². The van der Waals surface area contributed by atoms with Crippen molar-refractivity contribution in [1.29, 1.82) is 0 Å². The molecule has 0 radical (unpaired) electrons. The van der Waals surface area contributed by atoms with Crippen molar-refractivity contribution in [1.82, 2.24) is 10.2 Å². The molecule has 0 unspecified atom stereocenters. The average molecular weight is 423 g/mol. The van der Waals surface area contributed by atoms with Gasteiger partial charge in [-0.1, -0.05) is 57.2 Å². The molecule has 0 aromatic heterocycles.